The quantitative estimate of drug-likeness (QED) is 0.0430. The van der Waals surface area contributed by atoms with E-state index in [1.54, 1.807) is 12.2 Å². The number of esters is 2. The molecular formula is C44H75N3O19P2. The fourth-order valence-corrected chi connectivity index (χ4v) is 9.58. The summed E-state index contributed by atoms with van der Waals surface area (Å²) in [5.74, 6) is -2.20. The summed E-state index contributed by atoms with van der Waals surface area (Å²) in [6.07, 6.45) is 0.473. The Morgan fingerprint density at radius 1 is 0.941 bits per heavy atom. The van der Waals surface area contributed by atoms with Crippen molar-refractivity contribution in [1.29, 1.82) is 0 Å². The average molecular weight is 1010 g/mol. The van der Waals surface area contributed by atoms with Crippen LogP contribution in [-0.2, 0) is 51.0 Å². The predicted octanol–water partition coefficient (Wildman–Crippen LogP) is 4.63. The van der Waals surface area contributed by atoms with Gasteiger partial charge in [0, 0.05) is 31.4 Å². The van der Waals surface area contributed by atoms with Crippen LogP contribution in [0.3, 0.4) is 0 Å². The maximum atomic E-state index is 13.3. The zero-order valence-corrected chi connectivity index (χ0v) is 41.1. The van der Waals surface area contributed by atoms with E-state index < -0.39 is 121 Å². The van der Waals surface area contributed by atoms with Crippen LogP contribution < -0.4 is 11.4 Å². The number of unbranched alkanes of at least 4 members (excludes halogenated alkanes) is 7. The lowest BCUT2D eigenvalue weighted by Gasteiger charge is -2.36. The van der Waals surface area contributed by atoms with Crippen molar-refractivity contribution in [3.8, 4) is 0 Å². The Labute approximate surface area is 398 Å². The normalized spacial score (nSPS) is 31.5. The first-order valence-corrected chi connectivity index (χ1v) is 26.6. The van der Waals surface area contributed by atoms with Crippen molar-refractivity contribution >= 4 is 33.4 Å². The van der Waals surface area contributed by atoms with Gasteiger partial charge in [0.25, 0.3) is 0 Å². The van der Waals surface area contributed by atoms with Crippen molar-refractivity contribution in [3.63, 3.8) is 0 Å². The smallest absolute Gasteiger partial charge is 0.462 e. The number of nitrogens with two attached hydrogens (primary N) is 1. The lowest BCUT2D eigenvalue weighted by Crippen LogP contribution is -2.49. The maximum absolute atomic E-state index is 13.3. The Bertz CT molecular complexity index is 1870. The van der Waals surface area contributed by atoms with Gasteiger partial charge in [0.1, 0.15) is 43.1 Å². The standard InChI is InChI=1S/C44H75N3O19P2/c1-4-5-12-18-31(48)22-23-35-41(53)42(54)36-29-62-68(58,59)66-67(56,57)61-28-32(27-60-38(50)20-15-9-7-6-8-13-17-30(2)3)63-39(51)21-16-11-10-14-19-33(34(49)26-40(52)64-35)43(65-36)47-25-24-37(45)46-44(47)55/h10,14,22-25,30-36,40-43,48-49,52-54H,4-9,11-13,15-21,26-29H2,1-3H3,(H,56,57)(H,58,59)(H2,45,46,55)/b14-10?,23-22+/t31-,32+,33-,34-,35+,36+,40?,41-,42+,43+/m0/s1. The number of aliphatic hydroxyl groups is 5. The Kier molecular flexibility index (Phi) is 26.8. The van der Waals surface area contributed by atoms with Gasteiger partial charge in [0.15, 0.2) is 12.4 Å². The topological polar surface area (TPSA) is 335 Å². The van der Waals surface area contributed by atoms with Gasteiger partial charge in [0.05, 0.1) is 25.4 Å². The number of rotatable bonds is 18. The number of cyclic esters (lactones) is 1. The number of anilines is 1. The van der Waals surface area contributed by atoms with Crippen LogP contribution in [0.1, 0.15) is 136 Å². The van der Waals surface area contributed by atoms with Crippen molar-refractivity contribution in [3.05, 3.63) is 47.1 Å². The van der Waals surface area contributed by atoms with Gasteiger partial charge in [-0.05, 0) is 44.1 Å². The van der Waals surface area contributed by atoms with Crippen LogP contribution in [0.5, 0.6) is 0 Å². The van der Waals surface area contributed by atoms with Gasteiger partial charge >= 0.3 is 33.3 Å². The van der Waals surface area contributed by atoms with E-state index in [4.69, 9.17) is 33.7 Å². The SMILES string of the molecule is CCCCC[C@H](O)/C=C/[C@H]1OC(O)C[C@H](O)[C@@H]2CC=CCCCC(=O)O[C@H](COC(=O)CCCCCCCCC(C)C)COP(=O)(O)OP(=O)(O)OC[C@@H](O[C@H]2n2ccc(N)nc2=O)[C@@H](O)[C@H]1O. The number of aliphatic hydroxyl groups excluding tert-OH is 5. The number of allylic oxidation sites excluding steroid dienone is 2. The summed E-state index contributed by atoms with van der Waals surface area (Å²) in [5, 5.41) is 56.7. The molecule has 0 aliphatic carbocycles. The minimum absolute atomic E-state index is 0.0718. The second-order valence-corrected chi connectivity index (χ2v) is 20.7. The van der Waals surface area contributed by atoms with Crippen molar-refractivity contribution in [2.45, 2.75) is 185 Å². The Morgan fingerprint density at radius 2 is 1.62 bits per heavy atom. The Balaban J connectivity index is 1.93. The highest BCUT2D eigenvalue weighted by molar-refractivity contribution is 7.61. The summed E-state index contributed by atoms with van der Waals surface area (Å²) in [6, 6.07) is 1.22. The van der Waals surface area contributed by atoms with Crippen LogP contribution >= 0.6 is 15.6 Å². The van der Waals surface area contributed by atoms with E-state index >= 15 is 0 Å². The Morgan fingerprint density at radius 3 is 2.31 bits per heavy atom. The van der Waals surface area contributed by atoms with Gasteiger partial charge in [-0.2, -0.15) is 9.29 Å². The monoisotopic (exact) mass is 1010 g/mol. The summed E-state index contributed by atoms with van der Waals surface area (Å²) < 4.78 is 64.4. The van der Waals surface area contributed by atoms with E-state index in [0.717, 1.165) is 62.1 Å². The van der Waals surface area contributed by atoms with E-state index in [1.165, 1.54) is 18.2 Å². The van der Waals surface area contributed by atoms with Crippen molar-refractivity contribution in [2.24, 2.45) is 11.8 Å². The number of phosphoric ester groups is 2. The summed E-state index contributed by atoms with van der Waals surface area (Å²) in [5.41, 5.74) is 4.74. The lowest BCUT2D eigenvalue weighted by atomic mass is 9.92. The molecule has 22 nitrogen and oxygen atoms in total. The molecule has 1 saturated heterocycles. The number of ether oxygens (including phenoxy) is 4. The zero-order valence-electron chi connectivity index (χ0n) is 39.4. The zero-order chi connectivity index (χ0) is 50.3. The maximum Gasteiger partial charge on any atom is 0.481 e. The minimum Gasteiger partial charge on any atom is -0.462 e. The van der Waals surface area contributed by atoms with E-state index in [0.29, 0.717) is 25.2 Å². The second kappa shape index (κ2) is 30.7. The van der Waals surface area contributed by atoms with Gasteiger partial charge in [-0.25, -0.2) is 13.9 Å². The van der Waals surface area contributed by atoms with Gasteiger partial charge in [-0.15, -0.1) is 0 Å². The third kappa shape index (κ3) is 22.9. The fourth-order valence-electron chi connectivity index (χ4n) is 7.47. The summed E-state index contributed by atoms with van der Waals surface area (Å²) >= 11 is 0. The van der Waals surface area contributed by atoms with Crippen LogP contribution in [0.15, 0.2) is 41.4 Å². The molecule has 0 radical (unpaired) electrons. The van der Waals surface area contributed by atoms with Crippen LogP contribution in [0.4, 0.5) is 5.82 Å². The molecule has 3 heterocycles. The van der Waals surface area contributed by atoms with Crippen LogP contribution in [0.25, 0.3) is 0 Å². The molecule has 9 N–H and O–H groups in total. The molecule has 3 unspecified atom stereocenters. The average Bonchev–Trinajstić information content (AvgIpc) is 3.26. The summed E-state index contributed by atoms with van der Waals surface area (Å²) in [4.78, 5) is 63.9. The van der Waals surface area contributed by atoms with Gasteiger partial charge in [0.2, 0.25) is 0 Å². The first-order valence-electron chi connectivity index (χ1n) is 23.6. The van der Waals surface area contributed by atoms with Gasteiger partial charge in [-0.1, -0.05) is 103 Å². The second-order valence-electron chi connectivity index (χ2n) is 17.6. The van der Waals surface area contributed by atoms with Gasteiger partial charge < -0.3 is 60.0 Å². The summed E-state index contributed by atoms with van der Waals surface area (Å²) in [7, 11) is -11.3. The molecule has 2 aliphatic rings. The third-order valence-electron chi connectivity index (χ3n) is 11.3. The predicted molar refractivity (Wildman–Crippen MR) is 246 cm³/mol. The molecular weight excluding hydrogens is 936 g/mol. The molecule has 68 heavy (non-hydrogen) atoms. The molecule has 24 heteroatoms. The van der Waals surface area contributed by atoms with Crippen LogP contribution in [0, 0.1) is 11.8 Å². The molecule has 1 aromatic heterocycles. The van der Waals surface area contributed by atoms with E-state index in [2.05, 4.69) is 23.1 Å². The molecule has 12 atom stereocenters. The molecule has 2 bridgehead atoms. The highest BCUT2D eigenvalue weighted by Crippen LogP contribution is 2.60. The molecule has 0 amide bonds. The molecule has 390 valence electrons. The van der Waals surface area contributed by atoms with Crippen molar-refractivity contribution < 1.29 is 86.3 Å². The fraction of sp³-hybridized carbons (Fsp3) is 0.773. The van der Waals surface area contributed by atoms with Crippen molar-refractivity contribution in [2.75, 3.05) is 25.6 Å². The highest BCUT2D eigenvalue weighted by Gasteiger charge is 2.43. The minimum atomic E-state index is -5.72. The molecule has 1 fully saturated rings. The lowest BCUT2D eigenvalue weighted by molar-refractivity contribution is -0.192. The molecule has 0 spiro atoms. The van der Waals surface area contributed by atoms with E-state index in [1.807, 2.05) is 6.92 Å². The molecule has 0 aromatic carbocycles. The molecule has 1 aromatic rings. The van der Waals surface area contributed by atoms with E-state index in [9.17, 15) is 58.8 Å². The highest BCUT2D eigenvalue weighted by atomic mass is 31.3. The first kappa shape index (κ1) is 59.4. The molecule has 0 saturated carbocycles. The van der Waals surface area contributed by atoms with Crippen LogP contribution in [0.2, 0.25) is 0 Å². The summed E-state index contributed by atoms with van der Waals surface area (Å²) in [6.45, 7) is 3.58. The number of carbonyl (C=O) groups is 2. The number of fused-ring (bicyclic) bond motifs is 3. The number of hydrogen-bond acceptors (Lipinski definition) is 19. The van der Waals surface area contributed by atoms with E-state index in [-0.39, 0.29) is 37.9 Å². The molecule has 2 aliphatic heterocycles. The Hall–Kier alpha value is -2.92. The number of nitrogens with zero attached hydrogens (tertiary/aromatic N) is 2. The number of phosphoric acid groups is 2. The van der Waals surface area contributed by atoms with Gasteiger partial charge in [-0.3, -0.25) is 23.2 Å². The number of carbonyl (C=O) groups excluding carboxylic acids is 2. The first-order chi connectivity index (χ1) is 32.2. The number of aromatic nitrogens is 2. The van der Waals surface area contributed by atoms with Crippen LogP contribution in [-0.4, -0.2) is 126 Å². The number of hydrogen-bond donors (Lipinski definition) is 8. The third-order valence-corrected chi connectivity index (χ3v) is 13.9. The number of nitrogen functional groups attached to an aromatic ring is 1. The van der Waals surface area contributed by atoms with Crippen molar-refractivity contribution in [1.82, 2.24) is 9.55 Å². The molecule has 3 rings (SSSR count). The largest absolute Gasteiger partial charge is 0.481 e.